The second kappa shape index (κ2) is 7.46. The molecule has 8 heteroatoms. The highest BCUT2D eigenvalue weighted by molar-refractivity contribution is 6.30. The fourth-order valence-corrected chi connectivity index (χ4v) is 3.23. The number of anilines is 1. The van der Waals surface area contributed by atoms with E-state index in [-0.39, 0.29) is 31.2 Å². The van der Waals surface area contributed by atoms with Gasteiger partial charge in [-0.3, -0.25) is 14.9 Å². The molecule has 2 aliphatic heterocycles. The Morgan fingerprint density at radius 2 is 1.96 bits per heavy atom. The monoisotopic (exact) mass is 387 g/mol. The standard InChI is InChI=1S/C19H18ClN3O4/c20-13-3-1-12(2-4-13)15-8-19(25)23(10-21-15)9-18(24)22-14-5-6-16-17(7-14)27-11-26-16/h1-7,15,21H,8-11H2,(H,22,24). The molecule has 2 aliphatic rings. The average molecular weight is 388 g/mol. The van der Waals surface area contributed by atoms with E-state index in [1.165, 1.54) is 4.90 Å². The Morgan fingerprint density at radius 1 is 1.19 bits per heavy atom. The topological polar surface area (TPSA) is 79.9 Å². The fourth-order valence-electron chi connectivity index (χ4n) is 3.11. The summed E-state index contributed by atoms with van der Waals surface area (Å²) in [4.78, 5) is 26.2. The first-order chi connectivity index (χ1) is 13.1. The first-order valence-corrected chi connectivity index (χ1v) is 8.92. The molecule has 2 aromatic rings. The van der Waals surface area contributed by atoms with E-state index in [1.807, 2.05) is 12.1 Å². The average Bonchev–Trinajstić information content (AvgIpc) is 3.12. The molecule has 2 N–H and O–H groups in total. The van der Waals surface area contributed by atoms with Gasteiger partial charge in [-0.25, -0.2) is 0 Å². The zero-order chi connectivity index (χ0) is 18.8. The molecule has 2 heterocycles. The van der Waals surface area contributed by atoms with Crippen LogP contribution in [0.3, 0.4) is 0 Å². The quantitative estimate of drug-likeness (QED) is 0.842. The Kier molecular flexibility index (Phi) is 4.87. The number of carbonyl (C=O) groups is 2. The summed E-state index contributed by atoms with van der Waals surface area (Å²) in [6, 6.07) is 12.5. The van der Waals surface area contributed by atoms with Crippen molar-refractivity contribution >= 4 is 29.1 Å². The van der Waals surface area contributed by atoms with Gasteiger partial charge in [-0.1, -0.05) is 23.7 Å². The van der Waals surface area contributed by atoms with Gasteiger partial charge in [0.15, 0.2) is 11.5 Å². The van der Waals surface area contributed by atoms with Crippen LogP contribution in [0.5, 0.6) is 11.5 Å². The highest BCUT2D eigenvalue weighted by Crippen LogP contribution is 2.34. The molecule has 0 spiro atoms. The number of benzene rings is 2. The molecule has 0 saturated carbocycles. The van der Waals surface area contributed by atoms with E-state index in [1.54, 1.807) is 30.3 Å². The third-order valence-electron chi connectivity index (χ3n) is 4.52. The van der Waals surface area contributed by atoms with Crippen molar-refractivity contribution < 1.29 is 19.1 Å². The Labute approximate surface area is 161 Å². The maximum Gasteiger partial charge on any atom is 0.244 e. The Bertz CT molecular complexity index is 872. The van der Waals surface area contributed by atoms with Crippen molar-refractivity contribution in [3.63, 3.8) is 0 Å². The zero-order valence-electron chi connectivity index (χ0n) is 14.4. The number of nitrogens with zero attached hydrogens (tertiary/aromatic N) is 1. The molecule has 0 aromatic heterocycles. The van der Waals surface area contributed by atoms with Gasteiger partial charge in [0.2, 0.25) is 18.6 Å². The molecule has 0 aliphatic carbocycles. The minimum atomic E-state index is -0.269. The first kappa shape index (κ1) is 17.6. The van der Waals surface area contributed by atoms with Crippen molar-refractivity contribution in [1.29, 1.82) is 0 Å². The molecular formula is C19H18ClN3O4. The number of carbonyl (C=O) groups excluding carboxylic acids is 2. The second-order valence-corrected chi connectivity index (χ2v) is 6.81. The van der Waals surface area contributed by atoms with Crippen LogP contribution in [0.4, 0.5) is 5.69 Å². The van der Waals surface area contributed by atoms with E-state index in [4.69, 9.17) is 21.1 Å². The molecule has 1 saturated heterocycles. The number of hydrogen-bond donors (Lipinski definition) is 2. The summed E-state index contributed by atoms with van der Waals surface area (Å²) in [6.45, 7) is 0.462. The number of fused-ring (bicyclic) bond motifs is 1. The Morgan fingerprint density at radius 3 is 2.74 bits per heavy atom. The summed E-state index contributed by atoms with van der Waals surface area (Å²) in [7, 11) is 0. The van der Waals surface area contributed by atoms with Gasteiger partial charge in [-0.2, -0.15) is 0 Å². The molecule has 1 unspecified atom stereocenters. The fraction of sp³-hybridized carbons (Fsp3) is 0.263. The van der Waals surface area contributed by atoms with Crippen LogP contribution in [0, 0.1) is 0 Å². The maximum atomic E-state index is 12.4. The van der Waals surface area contributed by atoms with Crippen LogP contribution in [0.15, 0.2) is 42.5 Å². The molecule has 1 atom stereocenters. The van der Waals surface area contributed by atoms with E-state index in [2.05, 4.69) is 10.6 Å². The number of amides is 2. The summed E-state index contributed by atoms with van der Waals surface area (Å²) < 4.78 is 10.5. The van der Waals surface area contributed by atoms with Gasteiger partial charge >= 0.3 is 0 Å². The van der Waals surface area contributed by atoms with E-state index >= 15 is 0 Å². The molecule has 0 bridgehead atoms. The van der Waals surface area contributed by atoms with Crippen LogP contribution in [0.1, 0.15) is 18.0 Å². The molecule has 7 nitrogen and oxygen atoms in total. The maximum absolute atomic E-state index is 12.4. The van der Waals surface area contributed by atoms with Crippen molar-refractivity contribution in [3.8, 4) is 11.5 Å². The first-order valence-electron chi connectivity index (χ1n) is 8.54. The smallest absolute Gasteiger partial charge is 0.244 e. The van der Waals surface area contributed by atoms with Crippen LogP contribution < -0.4 is 20.1 Å². The lowest BCUT2D eigenvalue weighted by Gasteiger charge is -2.32. The lowest BCUT2D eigenvalue weighted by atomic mass is 10.0. The van der Waals surface area contributed by atoms with Gasteiger partial charge < -0.3 is 19.7 Å². The number of rotatable bonds is 4. The van der Waals surface area contributed by atoms with Gasteiger partial charge in [0, 0.05) is 29.2 Å². The molecule has 140 valence electrons. The van der Waals surface area contributed by atoms with Crippen LogP contribution in [-0.4, -0.2) is 36.7 Å². The van der Waals surface area contributed by atoms with Crippen LogP contribution in [0.2, 0.25) is 5.02 Å². The lowest BCUT2D eigenvalue weighted by molar-refractivity contribution is -0.138. The number of hydrogen-bond acceptors (Lipinski definition) is 5. The third-order valence-corrected chi connectivity index (χ3v) is 4.78. The molecule has 0 radical (unpaired) electrons. The molecule has 27 heavy (non-hydrogen) atoms. The van der Waals surface area contributed by atoms with Crippen LogP contribution >= 0.6 is 11.6 Å². The molecular weight excluding hydrogens is 370 g/mol. The van der Waals surface area contributed by atoms with E-state index < -0.39 is 0 Å². The predicted octanol–water partition coefficient (Wildman–Crippen LogP) is 2.53. The van der Waals surface area contributed by atoms with Gasteiger partial charge in [0.1, 0.15) is 6.54 Å². The third kappa shape index (κ3) is 3.99. The zero-order valence-corrected chi connectivity index (χ0v) is 15.2. The van der Waals surface area contributed by atoms with Crippen LogP contribution in [0.25, 0.3) is 0 Å². The highest BCUT2D eigenvalue weighted by atomic mass is 35.5. The largest absolute Gasteiger partial charge is 0.454 e. The van der Waals surface area contributed by atoms with Crippen molar-refractivity contribution in [3.05, 3.63) is 53.1 Å². The number of halogens is 1. The summed E-state index contributed by atoms with van der Waals surface area (Å²) in [5.74, 6) is 0.898. The molecule has 4 rings (SSSR count). The SMILES string of the molecule is O=C(CN1CNC(c2ccc(Cl)cc2)CC1=O)Nc1ccc2c(c1)OCO2. The Balaban J connectivity index is 1.33. The normalized spacial score (nSPS) is 18.5. The highest BCUT2D eigenvalue weighted by Gasteiger charge is 2.27. The summed E-state index contributed by atoms with van der Waals surface area (Å²) in [5, 5.41) is 6.72. The summed E-state index contributed by atoms with van der Waals surface area (Å²) >= 11 is 5.90. The molecule has 1 fully saturated rings. The van der Waals surface area contributed by atoms with Gasteiger partial charge in [0.05, 0.1) is 6.67 Å². The van der Waals surface area contributed by atoms with Crippen molar-refractivity contribution in [2.45, 2.75) is 12.5 Å². The van der Waals surface area contributed by atoms with E-state index in [0.29, 0.717) is 35.3 Å². The Hall–Kier alpha value is -2.77. The van der Waals surface area contributed by atoms with Gasteiger partial charge in [-0.05, 0) is 29.8 Å². The van der Waals surface area contributed by atoms with Crippen molar-refractivity contribution in [1.82, 2.24) is 10.2 Å². The van der Waals surface area contributed by atoms with Crippen LogP contribution in [-0.2, 0) is 9.59 Å². The minimum absolute atomic E-state index is 0.0202. The second-order valence-electron chi connectivity index (χ2n) is 6.38. The predicted molar refractivity (Wildman–Crippen MR) is 99.7 cm³/mol. The lowest BCUT2D eigenvalue weighted by Crippen LogP contribution is -2.49. The molecule has 2 aromatic carbocycles. The van der Waals surface area contributed by atoms with E-state index in [0.717, 1.165) is 5.56 Å². The van der Waals surface area contributed by atoms with Crippen molar-refractivity contribution in [2.24, 2.45) is 0 Å². The summed E-state index contributed by atoms with van der Waals surface area (Å²) in [6.07, 6.45) is 0.291. The summed E-state index contributed by atoms with van der Waals surface area (Å²) in [5.41, 5.74) is 1.60. The van der Waals surface area contributed by atoms with E-state index in [9.17, 15) is 9.59 Å². The van der Waals surface area contributed by atoms with Crippen molar-refractivity contribution in [2.75, 3.05) is 25.3 Å². The van der Waals surface area contributed by atoms with Gasteiger partial charge in [-0.15, -0.1) is 0 Å². The number of nitrogens with one attached hydrogen (secondary N) is 2. The molecule has 2 amide bonds. The number of ether oxygens (including phenoxy) is 2. The van der Waals surface area contributed by atoms with Gasteiger partial charge in [0.25, 0.3) is 0 Å². The minimum Gasteiger partial charge on any atom is -0.454 e.